The van der Waals surface area contributed by atoms with Crippen LogP contribution in [0.15, 0.2) is 42.5 Å². The van der Waals surface area contributed by atoms with E-state index < -0.39 is 0 Å². The summed E-state index contributed by atoms with van der Waals surface area (Å²) in [5, 5.41) is 1.42. The molecule has 0 amide bonds. The van der Waals surface area contributed by atoms with Crippen molar-refractivity contribution in [1.29, 1.82) is 0 Å². The fourth-order valence-electron chi connectivity index (χ4n) is 5.58. The first-order valence-corrected chi connectivity index (χ1v) is 10.0. The first-order valence-electron chi connectivity index (χ1n) is 10.0. The quantitative estimate of drug-likeness (QED) is 0.565. The lowest BCUT2D eigenvalue weighted by Gasteiger charge is -2.39. The van der Waals surface area contributed by atoms with E-state index in [9.17, 15) is 4.39 Å². The molecule has 0 radical (unpaired) electrons. The summed E-state index contributed by atoms with van der Waals surface area (Å²) in [6.45, 7) is 7.74. The van der Waals surface area contributed by atoms with E-state index in [4.69, 9.17) is 0 Å². The van der Waals surface area contributed by atoms with E-state index in [1.54, 1.807) is 17.8 Å². The fraction of sp³-hybridized carbons (Fsp3) is 0.417. The van der Waals surface area contributed by atoms with Gasteiger partial charge in [-0.15, -0.1) is 0 Å². The van der Waals surface area contributed by atoms with Crippen LogP contribution in [0.4, 0.5) is 4.39 Å². The standard InChI is InChI=1S/C24H27FN2/c1-16-4-9-22-20(12-16)21-14-26(3)15-24(2)11-10-18(13-27(22)23(21)24)17-5-7-19(25)8-6-17/h4-9,12,18H,10-11,13-15H2,1-3H3. The maximum atomic E-state index is 13.4. The molecule has 0 N–H and O–H groups in total. The average Bonchev–Trinajstić information content (AvgIpc) is 2.83. The Morgan fingerprint density at radius 3 is 2.67 bits per heavy atom. The van der Waals surface area contributed by atoms with Gasteiger partial charge in [0.1, 0.15) is 5.82 Å². The topological polar surface area (TPSA) is 8.17 Å². The van der Waals surface area contributed by atoms with Crippen LogP contribution in [0, 0.1) is 12.7 Å². The van der Waals surface area contributed by atoms with Gasteiger partial charge in [-0.05, 0) is 62.2 Å². The van der Waals surface area contributed by atoms with Gasteiger partial charge in [0.25, 0.3) is 0 Å². The maximum Gasteiger partial charge on any atom is 0.123 e. The van der Waals surface area contributed by atoms with E-state index in [1.807, 2.05) is 12.1 Å². The SMILES string of the molecule is Cc1ccc2c(c1)c1c3n2CC(c2ccc(F)cc2)CCC3(C)CN(C)C1. The second kappa shape index (κ2) is 5.93. The van der Waals surface area contributed by atoms with Crippen molar-refractivity contribution < 1.29 is 4.39 Å². The number of rotatable bonds is 1. The van der Waals surface area contributed by atoms with E-state index in [2.05, 4.69) is 48.6 Å². The van der Waals surface area contributed by atoms with E-state index in [0.717, 1.165) is 26.1 Å². The number of likely N-dealkylation sites (N-methyl/N-ethyl adjacent to an activating group) is 1. The molecule has 5 rings (SSSR count). The zero-order valence-corrected chi connectivity index (χ0v) is 16.4. The first-order chi connectivity index (χ1) is 12.9. The summed E-state index contributed by atoms with van der Waals surface area (Å²) in [5.74, 6) is 0.279. The molecule has 3 aromatic rings. The van der Waals surface area contributed by atoms with Crippen LogP contribution in [-0.4, -0.2) is 23.1 Å². The molecule has 0 saturated heterocycles. The summed E-state index contributed by atoms with van der Waals surface area (Å²) in [7, 11) is 2.25. The number of hydrogen-bond acceptors (Lipinski definition) is 1. The zero-order chi connectivity index (χ0) is 18.8. The van der Waals surface area contributed by atoms with Gasteiger partial charge in [-0.2, -0.15) is 0 Å². The Labute approximate surface area is 160 Å². The van der Waals surface area contributed by atoms with Gasteiger partial charge in [0, 0.05) is 47.6 Å². The Balaban J connectivity index is 1.71. The van der Waals surface area contributed by atoms with Crippen LogP contribution in [0.3, 0.4) is 0 Å². The lowest BCUT2D eigenvalue weighted by Crippen LogP contribution is -2.42. The molecule has 2 atom stereocenters. The highest BCUT2D eigenvalue weighted by Crippen LogP contribution is 2.46. The lowest BCUT2D eigenvalue weighted by atomic mass is 9.76. The number of halogens is 1. The molecule has 3 heteroatoms. The minimum Gasteiger partial charge on any atom is -0.343 e. The van der Waals surface area contributed by atoms with Crippen LogP contribution in [0.5, 0.6) is 0 Å². The molecule has 2 nitrogen and oxygen atoms in total. The van der Waals surface area contributed by atoms with Gasteiger partial charge in [-0.25, -0.2) is 4.39 Å². The van der Waals surface area contributed by atoms with Crippen LogP contribution in [0.25, 0.3) is 10.9 Å². The van der Waals surface area contributed by atoms with Crippen LogP contribution >= 0.6 is 0 Å². The van der Waals surface area contributed by atoms with Crippen LogP contribution < -0.4 is 0 Å². The Morgan fingerprint density at radius 1 is 1.11 bits per heavy atom. The molecule has 2 aliphatic heterocycles. The molecular formula is C24H27FN2. The molecule has 0 aliphatic carbocycles. The highest BCUT2D eigenvalue weighted by molar-refractivity contribution is 5.87. The third-order valence-electron chi connectivity index (χ3n) is 6.73. The van der Waals surface area contributed by atoms with Crippen LogP contribution in [-0.2, 0) is 18.5 Å². The van der Waals surface area contributed by atoms with Gasteiger partial charge < -0.3 is 9.47 Å². The molecular weight excluding hydrogens is 335 g/mol. The summed E-state index contributed by atoms with van der Waals surface area (Å²) < 4.78 is 16.0. The minimum atomic E-state index is -0.151. The molecule has 0 fully saturated rings. The molecule has 2 aromatic carbocycles. The summed E-state index contributed by atoms with van der Waals surface area (Å²) >= 11 is 0. The van der Waals surface area contributed by atoms with E-state index in [-0.39, 0.29) is 11.2 Å². The largest absolute Gasteiger partial charge is 0.343 e. The van der Waals surface area contributed by atoms with E-state index in [0.29, 0.717) is 5.92 Å². The average molecular weight is 362 g/mol. The predicted octanol–water partition coefficient (Wildman–Crippen LogP) is 5.37. The molecule has 140 valence electrons. The van der Waals surface area contributed by atoms with Crippen molar-refractivity contribution in [1.82, 2.24) is 9.47 Å². The minimum absolute atomic E-state index is 0.151. The van der Waals surface area contributed by atoms with Crippen LogP contribution in [0.2, 0.25) is 0 Å². The number of fused-ring (bicyclic) bond motifs is 3. The summed E-state index contributed by atoms with van der Waals surface area (Å²) in [5.41, 5.74) is 7.18. The molecule has 2 unspecified atom stereocenters. The van der Waals surface area contributed by atoms with Crippen molar-refractivity contribution in [3.8, 4) is 0 Å². The van der Waals surface area contributed by atoms with Crippen molar-refractivity contribution in [3.63, 3.8) is 0 Å². The number of hydrogen-bond donors (Lipinski definition) is 0. The van der Waals surface area contributed by atoms with Gasteiger partial charge in [0.05, 0.1) is 0 Å². The van der Waals surface area contributed by atoms with Crippen LogP contribution in [0.1, 0.15) is 48.1 Å². The van der Waals surface area contributed by atoms with Crippen molar-refractivity contribution in [2.75, 3.05) is 13.6 Å². The highest BCUT2D eigenvalue weighted by Gasteiger charge is 2.41. The Kier molecular flexibility index (Phi) is 3.74. The molecule has 1 aromatic heterocycles. The first kappa shape index (κ1) is 17.0. The lowest BCUT2D eigenvalue weighted by molar-refractivity contribution is 0.209. The molecule has 0 spiro atoms. The van der Waals surface area contributed by atoms with Crippen molar-refractivity contribution in [2.45, 2.75) is 51.1 Å². The molecule has 0 saturated carbocycles. The second-order valence-corrected chi connectivity index (χ2v) is 8.98. The fourth-order valence-corrected chi connectivity index (χ4v) is 5.58. The van der Waals surface area contributed by atoms with Gasteiger partial charge in [-0.1, -0.05) is 30.7 Å². The normalized spacial score (nSPS) is 25.4. The molecule has 0 bridgehead atoms. The monoisotopic (exact) mass is 362 g/mol. The third kappa shape index (κ3) is 2.63. The second-order valence-electron chi connectivity index (χ2n) is 8.98. The van der Waals surface area contributed by atoms with Gasteiger partial charge in [-0.3, -0.25) is 0 Å². The highest BCUT2D eigenvalue weighted by atomic mass is 19.1. The van der Waals surface area contributed by atoms with Crippen molar-refractivity contribution in [3.05, 3.63) is 70.7 Å². The van der Waals surface area contributed by atoms with Gasteiger partial charge >= 0.3 is 0 Å². The van der Waals surface area contributed by atoms with Crippen molar-refractivity contribution >= 4 is 10.9 Å². The molecule has 3 heterocycles. The summed E-state index contributed by atoms with van der Waals surface area (Å²) in [4.78, 5) is 2.48. The smallest absolute Gasteiger partial charge is 0.123 e. The Bertz CT molecular complexity index is 1020. The zero-order valence-electron chi connectivity index (χ0n) is 16.4. The van der Waals surface area contributed by atoms with E-state index in [1.165, 1.54) is 34.0 Å². The molecule has 27 heavy (non-hydrogen) atoms. The van der Waals surface area contributed by atoms with E-state index >= 15 is 0 Å². The van der Waals surface area contributed by atoms with Gasteiger partial charge in [0.2, 0.25) is 0 Å². The third-order valence-corrected chi connectivity index (χ3v) is 6.73. The summed E-state index contributed by atoms with van der Waals surface area (Å²) in [6.07, 6.45) is 2.31. The number of benzene rings is 2. The number of aryl methyl sites for hydroxylation is 1. The number of nitrogens with zero attached hydrogens (tertiary/aromatic N) is 2. The Hall–Kier alpha value is -2.13. The molecule has 2 aliphatic rings. The summed E-state index contributed by atoms with van der Waals surface area (Å²) in [6, 6.07) is 14.1. The van der Waals surface area contributed by atoms with Crippen molar-refractivity contribution in [2.24, 2.45) is 0 Å². The van der Waals surface area contributed by atoms with Gasteiger partial charge in [0.15, 0.2) is 0 Å². The maximum absolute atomic E-state index is 13.4. The number of aromatic nitrogens is 1. The predicted molar refractivity (Wildman–Crippen MR) is 109 cm³/mol. The Morgan fingerprint density at radius 2 is 1.89 bits per heavy atom.